The first kappa shape index (κ1) is 17.6. The molecule has 2 heterocycles. The van der Waals surface area contributed by atoms with Gasteiger partial charge in [-0.3, -0.25) is 9.79 Å². The molecule has 3 rings (SSSR count). The largest absolute Gasteiger partial charge is 0.357 e. The summed E-state index contributed by atoms with van der Waals surface area (Å²) in [5.41, 5.74) is 0.556. The van der Waals surface area contributed by atoms with Gasteiger partial charge in [0.25, 0.3) is 0 Å². The lowest BCUT2D eigenvalue weighted by Gasteiger charge is -2.41. The maximum atomic E-state index is 11.7. The summed E-state index contributed by atoms with van der Waals surface area (Å²) >= 11 is 0. The van der Waals surface area contributed by atoms with Gasteiger partial charge in [0, 0.05) is 44.6 Å². The Morgan fingerprint density at radius 1 is 1.25 bits per heavy atom. The van der Waals surface area contributed by atoms with Gasteiger partial charge < -0.3 is 15.5 Å². The summed E-state index contributed by atoms with van der Waals surface area (Å²) in [6, 6.07) is 0. The molecule has 1 spiro atoms. The van der Waals surface area contributed by atoms with Crippen LogP contribution in [0.5, 0.6) is 0 Å². The van der Waals surface area contributed by atoms with Gasteiger partial charge in [-0.15, -0.1) is 0 Å². The molecule has 2 aliphatic heterocycles. The number of rotatable bonds is 4. The molecule has 0 aromatic carbocycles. The Morgan fingerprint density at radius 2 is 2.04 bits per heavy atom. The van der Waals surface area contributed by atoms with E-state index in [2.05, 4.69) is 29.4 Å². The highest BCUT2D eigenvalue weighted by atomic mass is 16.1. The van der Waals surface area contributed by atoms with E-state index in [4.69, 9.17) is 4.99 Å². The van der Waals surface area contributed by atoms with E-state index in [0.29, 0.717) is 11.8 Å². The number of hydrogen-bond acceptors (Lipinski definition) is 2. The standard InChI is InChI=1S/C19H34N4O/c1-3-18(8-5-6-9-18)13-22-17(20-4-2)23-11-7-10-19(15-23)12-16(24)21-14-19/h3-15H2,1-2H3,(H,20,22)(H,21,24). The molecular weight excluding hydrogens is 300 g/mol. The third-order valence-corrected chi connectivity index (χ3v) is 6.47. The quantitative estimate of drug-likeness (QED) is 0.613. The predicted octanol–water partition coefficient (Wildman–Crippen LogP) is 2.52. The molecule has 3 fully saturated rings. The summed E-state index contributed by atoms with van der Waals surface area (Å²) in [5, 5.41) is 6.54. The maximum Gasteiger partial charge on any atom is 0.220 e. The van der Waals surface area contributed by atoms with Crippen molar-refractivity contribution in [2.75, 3.05) is 32.7 Å². The molecule has 2 N–H and O–H groups in total. The van der Waals surface area contributed by atoms with E-state index in [-0.39, 0.29) is 11.3 Å². The van der Waals surface area contributed by atoms with Crippen molar-refractivity contribution in [3.05, 3.63) is 0 Å². The molecule has 3 aliphatic rings. The minimum atomic E-state index is 0.126. The SMILES string of the molecule is CCNC(=NCC1(CC)CCCC1)N1CCCC2(CNC(=O)C2)C1. The van der Waals surface area contributed by atoms with Crippen molar-refractivity contribution in [1.29, 1.82) is 0 Å². The number of piperidine rings is 1. The summed E-state index contributed by atoms with van der Waals surface area (Å²) in [7, 11) is 0. The topological polar surface area (TPSA) is 56.7 Å². The first-order valence-electron chi connectivity index (χ1n) is 9.90. The fraction of sp³-hybridized carbons (Fsp3) is 0.895. The van der Waals surface area contributed by atoms with Crippen LogP contribution < -0.4 is 10.6 Å². The zero-order valence-corrected chi connectivity index (χ0v) is 15.5. The molecule has 0 radical (unpaired) electrons. The normalized spacial score (nSPS) is 30.0. The highest BCUT2D eigenvalue weighted by Gasteiger charge is 2.42. The molecule has 0 aromatic heterocycles. The minimum absolute atomic E-state index is 0.126. The van der Waals surface area contributed by atoms with Gasteiger partial charge in [0.05, 0.1) is 0 Å². The smallest absolute Gasteiger partial charge is 0.220 e. The molecule has 1 aliphatic carbocycles. The van der Waals surface area contributed by atoms with Crippen LogP contribution >= 0.6 is 0 Å². The van der Waals surface area contributed by atoms with Crippen LogP contribution in [0.4, 0.5) is 0 Å². The van der Waals surface area contributed by atoms with E-state index in [1.165, 1.54) is 32.1 Å². The lowest BCUT2D eigenvalue weighted by Crippen LogP contribution is -2.51. The molecular formula is C19H34N4O. The van der Waals surface area contributed by atoms with Gasteiger partial charge in [0.15, 0.2) is 5.96 Å². The monoisotopic (exact) mass is 334 g/mol. The summed E-state index contributed by atoms with van der Waals surface area (Å²) in [4.78, 5) is 19.2. The number of hydrogen-bond donors (Lipinski definition) is 2. The van der Waals surface area contributed by atoms with Crippen LogP contribution in [0.1, 0.15) is 65.2 Å². The van der Waals surface area contributed by atoms with Gasteiger partial charge in [-0.2, -0.15) is 0 Å². The number of amides is 1. The van der Waals surface area contributed by atoms with E-state index in [1.54, 1.807) is 0 Å². The second-order valence-corrected chi connectivity index (χ2v) is 8.21. The van der Waals surface area contributed by atoms with Crippen LogP contribution in [0, 0.1) is 10.8 Å². The third-order valence-electron chi connectivity index (χ3n) is 6.47. The van der Waals surface area contributed by atoms with E-state index in [9.17, 15) is 4.79 Å². The van der Waals surface area contributed by atoms with Crippen molar-refractivity contribution in [2.45, 2.75) is 65.2 Å². The van der Waals surface area contributed by atoms with Crippen molar-refractivity contribution in [3.63, 3.8) is 0 Å². The zero-order valence-electron chi connectivity index (χ0n) is 15.5. The van der Waals surface area contributed by atoms with Gasteiger partial charge in [0.1, 0.15) is 0 Å². The van der Waals surface area contributed by atoms with E-state index < -0.39 is 0 Å². The Morgan fingerprint density at radius 3 is 2.67 bits per heavy atom. The van der Waals surface area contributed by atoms with E-state index in [1.807, 2.05) is 0 Å². The highest BCUT2D eigenvalue weighted by Crippen LogP contribution is 2.41. The number of nitrogens with one attached hydrogen (secondary N) is 2. The van der Waals surface area contributed by atoms with E-state index in [0.717, 1.165) is 51.5 Å². The molecule has 1 amide bonds. The Hall–Kier alpha value is -1.26. The molecule has 5 nitrogen and oxygen atoms in total. The number of guanidine groups is 1. The lowest BCUT2D eigenvalue weighted by atomic mass is 9.79. The first-order valence-corrected chi connectivity index (χ1v) is 9.90. The predicted molar refractivity (Wildman–Crippen MR) is 98.0 cm³/mol. The van der Waals surface area contributed by atoms with Crippen LogP contribution in [-0.4, -0.2) is 49.5 Å². The molecule has 136 valence electrons. The van der Waals surface area contributed by atoms with Gasteiger partial charge in [-0.1, -0.05) is 19.8 Å². The average molecular weight is 335 g/mol. The zero-order chi connectivity index (χ0) is 17.0. The van der Waals surface area contributed by atoms with Crippen LogP contribution in [-0.2, 0) is 4.79 Å². The highest BCUT2D eigenvalue weighted by molar-refractivity contribution is 5.81. The van der Waals surface area contributed by atoms with Crippen LogP contribution in [0.2, 0.25) is 0 Å². The molecule has 2 saturated heterocycles. The number of carbonyl (C=O) groups excluding carboxylic acids is 1. The van der Waals surface area contributed by atoms with Gasteiger partial charge >= 0.3 is 0 Å². The number of likely N-dealkylation sites (tertiary alicyclic amines) is 1. The Labute approximate surface area is 146 Å². The van der Waals surface area contributed by atoms with Gasteiger partial charge in [-0.25, -0.2) is 0 Å². The van der Waals surface area contributed by atoms with Gasteiger partial charge in [-0.05, 0) is 44.4 Å². The Bertz CT molecular complexity index is 484. The number of nitrogens with zero attached hydrogens (tertiary/aromatic N) is 2. The van der Waals surface area contributed by atoms with Crippen molar-refractivity contribution < 1.29 is 4.79 Å². The van der Waals surface area contributed by atoms with E-state index >= 15 is 0 Å². The van der Waals surface area contributed by atoms with Crippen LogP contribution in [0.3, 0.4) is 0 Å². The molecule has 1 atom stereocenters. The number of aliphatic imine (C=N–C) groups is 1. The summed E-state index contributed by atoms with van der Waals surface area (Å²) in [5.74, 6) is 1.28. The molecule has 1 saturated carbocycles. The summed E-state index contributed by atoms with van der Waals surface area (Å²) in [6.07, 6.45) is 9.60. The minimum Gasteiger partial charge on any atom is -0.357 e. The third kappa shape index (κ3) is 3.70. The maximum absolute atomic E-state index is 11.7. The molecule has 0 aromatic rings. The first-order chi connectivity index (χ1) is 11.6. The molecule has 0 bridgehead atoms. The van der Waals surface area contributed by atoms with Crippen molar-refractivity contribution in [1.82, 2.24) is 15.5 Å². The molecule has 5 heteroatoms. The fourth-order valence-electron chi connectivity index (χ4n) is 4.85. The van der Waals surface area contributed by atoms with Gasteiger partial charge in [0.2, 0.25) is 5.91 Å². The second-order valence-electron chi connectivity index (χ2n) is 8.21. The number of carbonyl (C=O) groups is 1. The van der Waals surface area contributed by atoms with Crippen molar-refractivity contribution in [2.24, 2.45) is 15.8 Å². The Kier molecular flexibility index (Phi) is 5.36. The fourth-order valence-corrected chi connectivity index (χ4v) is 4.85. The van der Waals surface area contributed by atoms with Crippen LogP contribution in [0.25, 0.3) is 0 Å². The Balaban J connectivity index is 1.70. The van der Waals surface area contributed by atoms with Crippen molar-refractivity contribution in [3.8, 4) is 0 Å². The lowest BCUT2D eigenvalue weighted by molar-refractivity contribution is -0.119. The van der Waals surface area contributed by atoms with Crippen LogP contribution in [0.15, 0.2) is 4.99 Å². The summed E-state index contributed by atoms with van der Waals surface area (Å²) in [6.45, 7) is 9.16. The molecule has 1 unspecified atom stereocenters. The second kappa shape index (κ2) is 7.32. The van der Waals surface area contributed by atoms with Crippen molar-refractivity contribution >= 4 is 11.9 Å². The molecule has 24 heavy (non-hydrogen) atoms. The average Bonchev–Trinajstić information content (AvgIpc) is 3.19. The summed E-state index contributed by atoms with van der Waals surface area (Å²) < 4.78 is 0.